The molecule has 0 saturated carbocycles. The SMILES string of the molecule is Cc1c(F)cc(CO)cc1S(=O)(=O)NCc1cccnn1. The predicted octanol–water partition coefficient (Wildman–Crippen LogP) is 0.895. The number of hydrogen-bond acceptors (Lipinski definition) is 5. The molecule has 6 nitrogen and oxygen atoms in total. The zero-order valence-electron chi connectivity index (χ0n) is 11.2. The van der Waals surface area contributed by atoms with Crippen molar-refractivity contribution in [3.05, 3.63) is 53.1 Å². The Morgan fingerprint density at radius 2 is 2.14 bits per heavy atom. The highest BCUT2D eigenvalue weighted by Gasteiger charge is 2.20. The molecule has 0 aliphatic rings. The first-order valence-electron chi connectivity index (χ1n) is 6.10. The van der Waals surface area contributed by atoms with Gasteiger partial charge in [-0.05, 0) is 36.8 Å². The smallest absolute Gasteiger partial charge is 0.241 e. The number of nitrogens with one attached hydrogen (secondary N) is 1. The lowest BCUT2D eigenvalue weighted by molar-refractivity contribution is 0.281. The summed E-state index contributed by atoms with van der Waals surface area (Å²) < 4.78 is 40.5. The fourth-order valence-electron chi connectivity index (χ4n) is 1.75. The van der Waals surface area contributed by atoms with Crippen LogP contribution in [0.2, 0.25) is 0 Å². The van der Waals surface area contributed by atoms with Crippen molar-refractivity contribution >= 4 is 10.0 Å². The molecule has 0 atom stereocenters. The zero-order chi connectivity index (χ0) is 15.5. The molecule has 0 aliphatic carbocycles. The van der Waals surface area contributed by atoms with E-state index in [1.54, 1.807) is 12.1 Å². The van der Waals surface area contributed by atoms with Crippen molar-refractivity contribution < 1.29 is 17.9 Å². The number of halogens is 1. The van der Waals surface area contributed by atoms with E-state index < -0.39 is 22.4 Å². The summed E-state index contributed by atoms with van der Waals surface area (Å²) >= 11 is 0. The van der Waals surface area contributed by atoms with Gasteiger partial charge in [0.2, 0.25) is 10.0 Å². The van der Waals surface area contributed by atoms with Gasteiger partial charge in [-0.1, -0.05) is 0 Å². The van der Waals surface area contributed by atoms with E-state index >= 15 is 0 Å². The van der Waals surface area contributed by atoms with Crippen LogP contribution in [-0.4, -0.2) is 23.7 Å². The lowest BCUT2D eigenvalue weighted by Gasteiger charge is -2.11. The molecule has 8 heteroatoms. The number of rotatable bonds is 5. The van der Waals surface area contributed by atoms with Crippen LogP contribution in [-0.2, 0) is 23.2 Å². The fourth-order valence-corrected chi connectivity index (χ4v) is 3.05. The average molecular weight is 311 g/mol. The molecule has 1 aromatic carbocycles. The number of aliphatic hydroxyl groups is 1. The minimum absolute atomic E-state index is 0.00107. The largest absolute Gasteiger partial charge is 0.392 e. The lowest BCUT2D eigenvalue weighted by atomic mass is 10.1. The lowest BCUT2D eigenvalue weighted by Crippen LogP contribution is -2.25. The highest BCUT2D eigenvalue weighted by atomic mass is 32.2. The topological polar surface area (TPSA) is 92.2 Å². The van der Waals surface area contributed by atoms with Gasteiger partial charge in [0, 0.05) is 11.8 Å². The Labute approximate surface area is 121 Å². The number of benzene rings is 1. The first kappa shape index (κ1) is 15.5. The third-order valence-corrected chi connectivity index (χ3v) is 4.43. The van der Waals surface area contributed by atoms with Gasteiger partial charge in [0.05, 0.1) is 23.7 Å². The summed E-state index contributed by atoms with van der Waals surface area (Å²) in [5.41, 5.74) is 0.634. The van der Waals surface area contributed by atoms with Crippen molar-refractivity contribution in [3.63, 3.8) is 0 Å². The summed E-state index contributed by atoms with van der Waals surface area (Å²) in [6.07, 6.45) is 1.47. The molecule has 0 radical (unpaired) electrons. The van der Waals surface area contributed by atoms with E-state index in [-0.39, 0.29) is 22.6 Å². The molecule has 2 rings (SSSR count). The van der Waals surface area contributed by atoms with Crippen molar-refractivity contribution in [2.75, 3.05) is 0 Å². The average Bonchev–Trinajstić information content (AvgIpc) is 2.48. The molecule has 0 unspecified atom stereocenters. The van der Waals surface area contributed by atoms with E-state index in [1.165, 1.54) is 19.2 Å². The first-order valence-corrected chi connectivity index (χ1v) is 7.58. The highest BCUT2D eigenvalue weighted by molar-refractivity contribution is 7.89. The Bertz CT molecular complexity index is 736. The quantitative estimate of drug-likeness (QED) is 0.856. The van der Waals surface area contributed by atoms with Crippen molar-refractivity contribution in [1.82, 2.24) is 14.9 Å². The van der Waals surface area contributed by atoms with Crippen LogP contribution >= 0.6 is 0 Å². The summed E-state index contributed by atoms with van der Waals surface area (Å²) in [6, 6.07) is 5.61. The van der Waals surface area contributed by atoms with E-state index in [1.807, 2.05) is 0 Å². The third kappa shape index (κ3) is 3.60. The molecule has 0 fully saturated rings. The maximum atomic E-state index is 13.7. The van der Waals surface area contributed by atoms with Crippen LogP contribution in [0.3, 0.4) is 0 Å². The van der Waals surface area contributed by atoms with Crippen LogP contribution in [0.4, 0.5) is 4.39 Å². The van der Waals surface area contributed by atoms with Crippen molar-refractivity contribution in [2.45, 2.75) is 25.0 Å². The van der Waals surface area contributed by atoms with Crippen LogP contribution in [0.25, 0.3) is 0 Å². The molecular formula is C13H14FN3O3S. The van der Waals surface area contributed by atoms with Crippen LogP contribution in [0.5, 0.6) is 0 Å². The summed E-state index contributed by atoms with van der Waals surface area (Å²) in [7, 11) is -3.91. The zero-order valence-corrected chi connectivity index (χ0v) is 12.1. The molecule has 0 saturated heterocycles. The molecule has 0 amide bonds. The van der Waals surface area contributed by atoms with Gasteiger partial charge >= 0.3 is 0 Å². The molecule has 1 heterocycles. The molecule has 112 valence electrons. The monoisotopic (exact) mass is 311 g/mol. The van der Waals surface area contributed by atoms with Crippen molar-refractivity contribution in [2.24, 2.45) is 0 Å². The van der Waals surface area contributed by atoms with Gasteiger partial charge in [0.15, 0.2) is 0 Å². The third-order valence-electron chi connectivity index (χ3n) is 2.90. The summed E-state index contributed by atoms with van der Waals surface area (Å²) in [6.45, 7) is 0.873. The summed E-state index contributed by atoms with van der Waals surface area (Å²) in [4.78, 5) is -0.199. The Morgan fingerprint density at radius 1 is 1.38 bits per heavy atom. The van der Waals surface area contributed by atoms with Crippen LogP contribution in [0.1, 0.15) is 16.8 Å². The van der Waals surface area contributed by atoms with Gasteiger partial charge in [-0.25, -0.2) is 17.5 Å². The maximum Gasteiger partial charge on any atom is 0.241 e. The van der Waals surface area contributed by atoms with Crippen LogP contribution < -0.4 is 4.72 Å². The van der Waals surface area contributed by atoms with Gasteiger partial charge in [0.1, 0.15) is 5.82 Å². The number of sulfonamides is 1. The highest BCUT2D eigenvalue weighted by Crippen LogP contribution is 2.20. The van der Waals surface area contributed by atoms with Crippen LogP contribution in [0.15, 0.2) is 35.4 Å². The Kier molecular flexibility index (Phi) is 4.61. The van der Waals surface area contributed by atoms with E-state index in [9.17, 15) is 12.8 Å². The first-order chi connectivity index (χ1) is 9.94. The van der Waals surface area contributed by atoms with Crippen molar-refractivity contribution in [1.29, 1.82) is 0 Å². The van der Waals surface area contributed by atoms with E-state index in [4.69, 9.17) is 5.11 Å². The molecule has 0 aliphatic heterocycles. The van der Waals surface area contributed by atoms with Crippen LogP contribution in [0, 0.1) is 12.7 Å². The molecule has 2 aromatic rings. The van der Waals surface area contributed by atoms with Gasteiger partial charge in [-0.3, -0.25) is 0 Å². The normalized spacial score (nSPS) is 11.6. The second kappa shape index (κ2) is 6.25. The molecule has 0 spiro atoms. The van der Waals surface area contributed by atoms with Gasteiger partial charge in [-0.2, -0.15) is 10.2 Å². The van der Waals surface area contributed by atoms with Crippen molar-refractivity contribution in [3.8, 4) is 0 Å². The number of aliphatic hydroxyl groups excluding tert-OH is 1. The second-order valence-corrected chi connectivity index (χ2v) is 6.13. The molecule has 1 aromatic heterocycles. The number of nitrogens with zero attached hydrogens (tertiary/aromatic N) is 2. The minimum atomic E-state index is -3.91. The molecule has 0 bridgehead atoms. The van der Waals surface area contributed by atoms with Gasteiger partial charge in [0.25, 0.3) is 0 Å². The fraction of sp³-hybridized carbons (Fsp3) is 0.231. The number of hydrogen-bond donors (Lipinski definition) is 2. The Balaban J connectivity index is 2.29. The summed E-state index contributed by atoms with van der Waals surface area (Å²) in [5, 5.41) is 16.4. The molecule has 2 N–H and O–H groups in total. The minimum Gasteiger partial charge on any atom is -0.392 e. The molecular weight excluding hydrogens is 297 g/mol. The Hall–Kier alpha value is -1.90. The second-order valence-electron chi connectivity index (χ2n) is 4.40. The van der Waals surface area contributed by atoms with E-state index in [2.05, 4.69) is 14.9 Å². The molecule has 21 heavy (non-hydrogen) atoms. The maximum absolute atomic E-state index is 13.7. The van der Waals surface area contributed by atoms with Gasteiger partial charge in [-0.15, -0.1) is 0 Å². The van der Waals surface area contributed by atoms with Gasteiger partial charge < -0.3 is 5.11 Å². The van der Waals surface area contributed by atoms with E-state index in [0.29, 0.717) is 5.69 Å². The summed E-state index contributed by atoms with van der Waals surface area (Å²) in [5.74, 6) is -0.679. The van der Waals surface area contributed by atoms with E-state index in [0.717, 1.165) is 6.07 Å². The predicted molar refractivity (Wildman–Crippen MR) is 73.1 cm³/mol. The standard InChI is InChI=1S/C13H14FN3O3S/c1-9-12(14)5-10(8-18)6-13(9)21(19,20)16-7-11-3-2-4-15-17-11/h2-6,16,18H,7-8H2,1H3. The number of aromatic nitrogens is 2. The Morgan fingerprint density at radius 3 is 2.76 bits per heavy atom.